The molecule has 2 N–H and O–H groups in total. The number of carbonyl (C=O) groups excluding carboxylic acids is 2. The number of ether oxygens (including phenoxy) is 1. The van der Waals surface area contributed by atoms with Gasteiger partial charge in [-0.25, -0.2) is 0 Å². The highest BCUT2D eigenvalue weighted by Crippen LogP contribution is 2.29. The zero-order chi connectivity index (χ0) is 23.9. The monoisotopic (exact) mass is 464 g/mol. The fraction of sp³-hybridized carbons (Fsp3) is 0.481. The fourth-order valence-corrected chi connectivity index (χ4v) is 4.60. The summed E-state index contributed by atoms with van der Waals surface area (Å²) in [5.41, 5.74) is 4.82. The lowest BCUT2D eigenvalue weighted by atomic mass is 9.98. The van der Waals surface area contributed by atoms with Crippen molar-refractivity contribution in [2.45, 2.75) is 33.2 Å². The summed E-state index contributed by atoms with van der Waals surface area (Å²) in [6, 6.07) is 14.2. The van der Waals surface area contributed by atoms with Crippen LogP contribution < -0.4 is 15.5 Å². The zero-order valence-electron chi connectivity index (χ0n) is 20.3. The molecule has 1 saturated heterocycles. The van der Waals surface area contributed by atoms with Gasteiger partial charge in [-0.15, -0.1) is 0 Å². The van der Waals surface area contributed by atoms with E-state index in [-0.39, 0.29) is 17.7 Å². The summed E-state index contributed by atoms with van der Waals surface area (Å²) in [5.74, 6) is 0.131. The average Bonchev–Trinajstić information content (AvgIpc) is 2.84. The normalized spacial score (nSPS) is 16.3. The minimum atomic E-state index is -0.109. The number of nitrogens with zero attached hydrogens (tertiary/aromatic N) is 2. The highest BCUT2D eigenvalue weighted by Gasteiger charge is 2.22. The lowest BCUT2D eigenvalue weighted by molar-refractivity contribution is -0.116. The Kier molecular flexibility index (Phi) is 8.19. The molecule has 7 heteroatoms. The third-order valence-corrected chi connectivity index (χ3v) is 6.41. The van der Waals surface area contributed by atoms with Crippen LogP contribution in [-0.4, -0.2) is 62.7 Å². The van der Waals surface area contributed by atoms with Crippen molar-refractivity contribution in [3.63, 3.8) is 0 Å². The van der Waals surface area contributed by atoms with Gasteiger partial charge in [0.15, 0.2) is 0 Å². The van der Waals surface area contributed by atoms with Gasteiger partial charge in [0.25, 0.3) is 5.91 Å². The molecule has 2 aliphatic rings. The van der Waals surface area contributed by atoms with E-state index in [0.717, 1.165) is 58.0 Å². The molecule has 0 aliphatic carbocycles. The van der Waals surface area contributed by atoms with Crippen molar-refractivity contribution >= 4 is 23.2 Å². The minimum Gasteiger partial charge on any atom is -0.379 e. The molecule has 4 rings (SSSR count). The first-order valence-electron chi connectivity index (χ1n) is 12.3. The lowest BCUT2D eigenvalue weighted by Gasteiger charge is -2.32. The van der Waals surface area contributed by atoms with Crippen LogP contribution in [0.4, 0.5) is 11.4 Å². The quantitative estimate of drug-likeness (QED) is 0.627. The van der Waals surface area contributed by atoms with E-state index in [4.69, 9.17) is 4.74 Å². The van der Waals surface area contributed by atoms with Gasteiger partial charge in [0.05, 0.1) is 18.8 Å². The number of anilines is 2. The standard InChI is InChI=1S/C27H36N4O3/c1-20(2)17-26(32)29-23-7-8-25(31-11-9-21-5-3-4-6-22(21)19-31)24(18-23)27(33)28-10-12-30-13-15-34-16-14-30/h3-8,18,20H,9-17,19H2,1-2H3,(H,28,33)(H,29,32). The Bertz CT molecular complexity index is 1000. The van der Waals surface area contributed by atoms with Crippen LogP contribution in [0, 0.1) is 5.92 Å². The van der Waals surface area contributed by atoms with Gasteiger partial charge in [-0.3, -0.25) is 14.5 Å². The van der Waals surface area contributed by atoms with Crippen LogP contribution in [0.1, 0.15) is 41.8 Å². The summed E-state index contributed by atoms with van der Waals surface area (Å²) in [6.07, 6.45) is 1.40. The van der Waals surface area contributed by atoms with Gasteiger partial charge in [0.1, 0.15) is 0 Å². The molecule has 1 fully saturated rings. The Morgan fingerprint density at radius 3 is 2.56 bits per heavy atom. The summed E-state index contributed by atoms with van der Waals surface area (Å²) < 4.78 is 5.40. The van der Waals surface area contributed by atoms with Gasteiger partial charge in [-0.05, 0) is 41.7 Å². The smallest absolute Gasteiger partial charge is 0.253 e. The van der Waals surface area contributed by atoms with Crippen molar-refractivity contribution in [2.24, 2.45) is 5.92 Å². The van der Waals surface area contributed by atoms with E-state index < -0.39 is 0 Å². The molecular formula is C27H36N4O3. The van der Waals surface area contributed by atoms with E-state index in [9.17, 15) is 9.59 Å². The third-order valence-electron chi connectivity index (χ3n) is 6.41. The molecule has 0 saturated carbocycles. The van der Waals surface area contributed by atoms with Crippen LogP contribution in [0.15, 0.2) is 42.5 Å². The van der Waals surface area contributed by atoms with Crippen molar-refractivity contribution in [2.75, 3.05) is 56.2 Å². The van der Waals surface area contributed by atoms with Gasteiger partial charge in [0.2, 0.25) is 5.91 Å². The van der Waals surface area contributed by atoms with E-state index in [1.165, 1.54) is 11.1 Å². The summed E-state index contributed by atoms with van der Waals surface area (Å²) >= 11 is 0. The number of benzene rings is 2. The molecule has 2 aliphatic heterocycles. The number of hydrogen-bond donors (Lipinski definition) is 2. The second-order valence-corrected chi connectivity index (χ2v) is 9.53. The van der Waals surface area contributed by atoms with Crippen molar-refractivity contribution in [1.29, 1.82) is 0 Å². The Morgan fingerprint density at radius 2 is 1.79 bits per heavy atom. The number of hydrogen-bond acceptors (Lipinski definition) is 5. The predicted molar refractivity (Wildman–Crippen MR) is 135 cm³/mol. The Morgan fingerprint density at radius 1 is 1.03 bits per heavy atom. The van der Waals surface area contributed by atoms with Gasteiger partial charge in [0, 0.05) is 57.1 Å². The molecule has 2 aromatic rings. The maximum absolute atomic E-state index is 13.3. The summed E-state index contributed by atoms with van der Waals surface area (Å²) in [6.45, 7) is 10.3. The van der Waals surface area contributed by atoms with Crippen LogP contribution >= 0.6 is 0 Å². The van der Waals surface area contributed by atoms with E-state index in [2.05, 4.69) is 44.7 Å². The number of fused-ring (bicyclic) bond motifs is 1. The number of carbonyl (C=O) groups is 2. The summed E-state index contributed by atoms with van der Waals surface area (Å²) in [4.78, 5) is 30.2. The molecule has 0 unspecified atom stereocenters. The molecule has 2 heterocycles. The molecule has 0 atom stereocenters. The average molecular weight is 465 g/mol. The second kappa shape index (κ2) is 11.5. The molecule has 0 radical (unpaired) electrons. The zero-order valence-corrected chi connectivity index (χ0v) is 20.3. The van der Waals surface area contributed by atoms with Gasteiger partial charge < -0.3 is 20.3 Å². The maximum atomic E-state index is 13.3. The Balaban J connectivity index is 1.51. The van der Waals surface area contributed by atoms with E-state index in [1.807, 2.05) is 32.0 Å². The first-order chi connectivity index (χ1) is 16.5. The van der Waals surface area contributed by atoms with Gasteiger partial charge >= 0.3 is 0 Å². The van der Waals surface area contributed by atoms with Crippen LogP contribution in [0.3, 0.4) is 0 Å². The molecule has 182 valence electrons. The number of amides is 2. The van der Waals surface area contributed by atoms with Crippen molar-refractivity contribution in [1.82, 2.24) is 10.2 Å². The van der Waals surface area contributed by atoms with Crippen molar-refractivity contribution in [3.8, 4) is 0 Å². The van der Waals surface area contributed by atoms with E-state index in [1.54, 1.807) is 0 Å². The minimum absolute atomic E-state index is 0.0340. The number of morpholine rings is 1. The third kappa shape index (κ3) is 6.36. The maximum Gasteiger partial charge on any atom is 0.253 e. The fourth-order valence-electron chi connectivity index (χ4n) is 4.60. The molecule has 0 aromatic heterocycles. The van der Waals surface area contributed by atoms with Crippen molar-refractivity contribution < 1.29 is 14.3 Å². The summed E-state index contributed by atoms with van der Waals surface area (Å²) in [7, 11) is 0. The predicted octanol–water partition coefficient (Wildman–Crippen LogP) is 3.30. The second-order valence-electron chi connectivity index (χ2n) is 9.53. The number of rotatable bonds is 8. The van der Waals surface area contributed by atoms with Gasteiger partial charge in [-0.2, -0.15) is 0 Å². The topological polar surface area (TPSA) is 73.9 Å². The molecular weight excluding hydrogens is 428 g/mol. The lowest BCUT2D eigenvalue weighted by Crippen LogP contribution is -2.41. The first kappa shape index (κ1) is 24.2. The van der Waals surface area contributed by atoms with Gasteiger partial charge in [-0.1, -0.05) is 38.1 Å². The molecule has 0 bridgehead atoms. The SMILES string of the molecule is CC(C)CC(=O)Nc1ccc(N2CCc3ccccc3C2)c(C(=O)NCCN2CCOCC2)c1. The van der Waals surface area contributed by atoms with Crippen LogP contribution in [0.5, 0.6) is 0 Å². The molecule has 34 heavy (non-hydrogen) atoms. The first-order valence-corrected chi connectivity index (χ1v) is 12.3. The molecule has 0 spiro atoms. The van der Waals surface area contributed by atoms with Crippen LogP contribution in [0.25, 0.3) is 0 Å². The van der Waals surface area contributed by atoms with Crippen molar-refractivity contribution in [3.05, 3.63) is 59.2 Å². The highest BCUT2D eigenvalue weighted by atomic mass is 16.5. The largest absolute Gasteiger partial charge is 0.379 e. The van der Waals surface area contributed by atoms with Crippen LogP contribution in [-0.2, 0) is 22.5 Å². The van der Waals surface area contributed by atoms with Crippen LogP contribution in [0.2, 0.25) is 0 Å². The molecule has 2 amide bonds. The molecule has 7 nitrogen and oxygen atoms in total. The van der Waals surface area contributed by atoms with E-state index >= 15 is 0 Å². The molecule has 2 aromatic carbocycles. The summed E-state index contributed by atoms with van der Waals surface area (Å²) in [5, 5.41) is 6.06. The highest BCUT2D eigenvalue weighted by molar-refractivity contribution is 6.02. The Hall–Kier alpha value is -2.90. The van der Waals surface area contributed by atoms with E-state index in [0.29, 0.717) is 24.2 Å². The number of nitrogens with one attached hydrogen (secondary N) is 2. The Labute approximate surface area is 202 Å².